The number of aliphatic carboxylic acids is 2. The van der Waals surface area contributed by atoms with Crippen molar-refractivity contribution in [2.24, 2.45) is 17.2 Å². The largest absolute Gasteiger partial charge is 0.480 e. The predicted molar refractivity (Wildman–Crippen MR) is 121 cm³/mol. The lowest BCUT2D eigenvalue weighted by Gasteiger charge is -2.24. The Labute approximate surface area is 182 Å². The van der Waals surface area contributed by atoms with Crippen LogP contribution >= 0.6 is 0 Å². The summed E-state index contributed by atoms with van der Waals surface area (Å²) in [7, 11) is 0. The summed E-state index contributed by atoms with van der Waals surface area (Å²) in [4.78, 5) is 21.5. The first kappa shape index (κ1) is 28.8. The minimum atomic E-state index is -0.933. The highest BCUT2D eigenvalue weighted by atomic mass is 16.4. The molecular formula is C22H46N4O4. The third kappa shape index (κ3) is 16.6. The fraction of sp³-hybridized carbons (Fsp3) is 0.909. The third-order valence-electron chi connectivity index (χ3n) is 5.57. The van der Waals surface area contributed by atoms with Crippen LogP contribution in [-0.4, -0.2) is 53.4 Å². The monoisotopic (exact) mass is 430 g/mol. The number of rotatable bonds is 12. The molecule has 8 heteroatoms. The molecule has 0 aromatic heterocycles. The number of hydrogen-bond donors (Lipinski definition) is 6. The highest BCUT2D eigenvalue weighted by molar-refractivity contribution is 5.73. The standard InChI is InChI=1S/C16H32N2O2.C6H14N2O2/c17-13-9-8-12-15(16(19)20)18-14-10-6-4-2-1-3-5-7-11-14;7-4-2-1-3-5(8)6(9)10/h14-15,18H,1-13,17H2,(H,19,20);5H,1-4,7-8H2,(H,9,10)/t15-;5-/m00/s1. The van der Waals surface area contributed by atoms with E-state index in [9.17, 15) is 14.7 Å². The van der Waals surface area contributed by atoms with Crippen molar-refractivity contribution in [3.05, 3.63) is 0 Å². The molecule has 9 N–H and O–H groups in total. The molecule has 1 fully saturated rings. The Morgan fingerprint density at radius 2 is 1.23 bits per heavy atom. The number of carboxylic acid groups (broad SMARTS) is 2. The van der Waals surface area contributed by atoms with Gasteiger partial charge in [0, 0.05) is 6.04 Å². The molecule has 1 aliphatic rings. The molecule has 0 spiro atoms. The molecule has 1 aliphatic carbocycles. The number of hydrogen-bond acceptors (Lipinski definition) is 6. The normalized spacial score (nSPS) is 18.0. The second-order valence-electron chi connectivity index (χ2n) is 8.32. The summed E-state index contributed by atoms with van der Waals surface area (Å²) in [6, 6.07) is -0.729. The molecule has 178 valence electrons. The number of nitrogens with one attached hydrogen (secondary N) is 1. The van der Waals surface area contributed by atoms with E-state index in [2.05, 4.69) is 5.32 Å². The van der Waals surface area contributed by atoms with Crippen LogP contribution in [0.2, 0.25) is 0 Å². The fourth-order valence-electron chi connectivity index (χ4n) is 3.66. The molecule has 0 saturated heterocycles. The molecule has 8 nitrogen and oxygen atoms in total. The average Bonchev–Trinajstić information content (AvgIpc) is 2.72. The van der Waals surface area contributed by atoms with Crippen molar-refractivity contribution in [1.29, 1.82) is 0 Å². The lowest BCUT2D eigenvalue weighted by atomic mass is 9.96. The van der Waals surface area contributed by atoms with E-state index in [4.69, 9.17) is 22.3 Å². The molecule has 30 heavy (non-hydrogen) atoms. The lowest BCUT2D eigenvalue weighted by molar-refractivity contribution is -0.140. The number of carboxylic acids is 2. The van der Waals surface area contributed by atoms with Crippen LogP contribution in [0.3, 0.4) is 0 Å². The van der Waals surface area contributed by atoms with Crippen molar-refractivity contribution in [2.75, 3.05) is 13.1 Å². The highest BCUT2D eigenvalue weighted by Gasteiger charge is 2.21. The molecule has 0 amide bonds. The van der Waals surface area contributed by atoms with E-state index in [1.807, 2.05) is 0 Å². The van der Waals surface area contributed by atoms with E-state index in [-0.39, 0.29) is 0 Å². The summed E-state index contributed by atoms with van der Waals surface area (Å²) in [5.41, 5.74) is 15.9. The maximum Gasteiger partial charge on any atom is 0.320 e. The zero-order valence-electron chi connectivity index (χ0n) is 18.7. The molecular weight excluding hydrogens is 384 g/mol. The Kier molecular flexibility index (Phi) is 18.9. The van der Waals surface area contributed by atoms with Gasteiger partial charge in [0.1, 0.15) is 12.1 Å². The van der Waals surface area contributed by atoms with E-state index in [0.717, 1.165) is 38.5 Å². The van der Waals surface area contributed by atoms with Crippen LogP contribution in [0.25, 0.3) is 0 Å². The summed E-state index contributed by atoms with van der Waals surface area (Å²) >= 11 is 0. The molecule has 1 rings (SSSR count). The van der Waals surface area contributed by atoms with Gasteiger partial charge >= 0.3 is 11.9 Å². The highest BCUT2D eigenvalue weighted by Crippen LogP contribution is 2.18. The molecule has 0 bridgehead atoms. The van der Waals surface area contributed by atoms with Crippen LogP contribution in [0.1, 0.15) is 96.3 Å². The summed E-state index contributed by atoms with van der Waals surface area (Å²) in [6.45, 7) is 1.25. The molecule has 0 aromatic rings. The Balaban J connectivity index is 0.000000710. The van der Waals surface area contributed by atoms with Crippen molar-refractivity contribution in [3.8, 4) is 0 Å². The van der Waals surface area contributed by atoms with Crippen LogP contribution in [0.5, 0.6) is 0 Å². The first-order chi connectivity index (χ1) is 14.4. The third-order valence-corrected chi connectivity index (χ3v) is 5.57. The van der Waals surface area contributed by atoms with Gasteiger partial charge in [-0.3, -0.25) is 9.59 Å². The van der Waals surface area contributed by atoms with Crippen molar-refractivity contribution < 1.29 is 19.8 Å². The van der Waals surface area contributed by atoms with Crippen molar-refractivity contribution in [1.82, 2.24) is 5.32 Å². The minimum Gasteiger partial charge on any atom is -0.480 e. The summed E-state index contributed by atoms with van der Waals surface area (Å²) in [5, 5.41) is 21.1. The van der Waals surface area contributed by atoms with Crippen LogP contribution in [0.15, 0.2) is 0 Å². The molecule has 0 aliphatic heterocycles. The summed E-state index contributed by atoms with van der Waals surface area (Å²) < 4.78 is 0. The van der Waals surface area contributed by atoms with Crippen LogP contribution in [-0.2, 0) is 9.59 Å². The quantitative estimate of drug-likeness (QED) is 0.257. The van der Waals surface area contributed by atoms with Crippen molar-refractivity contribution >= 4 is 11.9 Å². The van der Waals surface area contributed by atoms with E-state index < -0.39 is 24.0 Å². The van der Waals surface area contributed by atoms with Crippen LogP contribution < -0.4 is 22.5 Å². The predicted octanol–water partition coefficient (Wildman–Crippen LogP) is 2.58. The van der Waals surface area contributed by atoms with Gasteiger partial charge in [-0.25, -0.2) is 0 Å². The van der Waals surface area contributed by atoms with Gasteiger partial charge in [0.05, 0.1) is 0 Å². The second-order valence-corrected chi connectivity index (χ2v) is 8.32. The maximum atomic E-state index is 11.4. The van der Waals surface area contributed by atoms with Crippen molar-refractivity contribution in [3.63, 3.8) is 0 Å². The second kappa shape index (κ2) is 19.7. The van der Waals surface area contributed by atoms with E-state index >= 15 is 0 Å². The van der Waals surface area contributed by atoms with Gasteiger partial charge in [-0.1, -0.05) is 57.8 Å². The number of nitrogens with two attached hydrogens (primary N) is 3. The minimum absolute atomic E-state index is 0.382. The van der Waals surface area contributed by atoms with Gasteiger partial charge in [0.15, 0.2) is 0 Å². The molecule has 1 saturated carbocycles. The maximum absolute atomic E-state index is 11.4. The summed E-state index contributed by atoms with van der Waals surface area (Å²) in [6.07, 6.45) is 16.0. The van der Waals surface area contributed by atoms with Gasteiger partial charge in [-0.05, 0) is 51.6 Å². The number of unbranched alkanes of at least 4 members (excludes halogenated alkanes) is 2. The Hall–Kier alpha value is -1.22. The topological polar surface area (TPSA) is 165 Å². The zero-order valence-corrected chi connectivity index (χ0v) is 18.7. The molecule has 0 radical (unpaired) electrons. The Morgan fingerprint density at radius 1 is 0.767 bits per heavy atom. The first-order valence-electron chi connectivity index (χ1n) is 11.8. The Bertz CT molecular complexity index is 427. The molecule has 2 atom stereocenters. The van der Waals surface area contributed by atoms with Crippen LogP contribution in [0.4, 0.5) is 0 Å². The fourth-order valence-corrected chi connectivity index (χ4v) is 3.66. The van der Waals surface area contributed by atoms with Gasteiger partial charge in [-0.15, -0.1) is 0 Å². The van der Waals surface area contributed by atoms with Gasteiger partial charge < -0.3 is 32.7 Å². The average molecular weight is 431 g/mol. The SMILES string of the molecule is NCCCC[C@H](N)C(=O)O.NCCCC[C@H](NC1CCCCCCCCC1)C(=O)O. The smallest absolute Gasteiger partial charge is 0.320 e. The van der Waals surface area contributed by atoms with Gasteiger partial charge in [0.2, 0.25) is 0 Å². The van der Waals surface area contributed by atoms with E-state index in [1.165, 1.54) is 44.9 Å². The molecule has 0 unspecified atom stereocenters. The van der Waals surface area contributed by atoms with E-state index in [1.54, 1.807) is 0 Å². The lowest BCUT2D eigenvalue weighted by Crippen LogP contribution is -2.43. The number of carbonyl (C=O) groups is 2. The Morgan fingerprint density at radius 3 is 1.67 bits per heavy atom. The van der Waals surface area contributed by atoms with Gasteiger partial charge in [0.25, 0.3) is 0 Å². The van der Waals surface area contributed by atoms with Crippen LogP contribution in [0, 0.1) is 0 Å². The van der Waals surface area contributed by atoms with E-state index in [0.29, 0.717) is 32.0 Å². The van der Waals surface area contributed by atoms with Gasteiger partial charge in [-0.2, -0.15) is 0 Å². The molecule has 0 aromatic carbocycles. The summed E-state index contributed by atoms with van der Waals surface area (Å²) in [5.74, 6) is -1.64. The molecule has 0 heterocycles. The zero-order chi connectivity index (χ0) is 22.6. The first-order valence-corrected chi connectivity index (χ1v) is 11.8. The van der Waals surface area contributed by atoms with Crippen molar-refractivity contribution in [2.45, 2.75) is 114 Å².